The number of phenols is 1. The van der Waals surface area contributed by atoms with Crippen LogP contribution < -0.4 is 4.90 Å². The number of phenolic OH excluding ortho intramolecular Hbond substituents is 1. The number of carbonyl (C=O) groups is 1. The first-order valence-corrected chi connectivity index (χ1v) is 8.09. The highest BCUT2D eigenvalue weighted by atomic mass is 16.3. The number of aryl methyl sites for hydroxylation is 1. The molecule has 0 saturated heterocycles. The summed E-state index contributed by atoms with van der Waals surface area (Å²) in [4.78, 5) is 18.0. The van der Waals surface area contributed by atoms with Gasteiger partial charge in [-0.3, -0.25) is 9.78 Å². The zero-order chi connectivity index (χ0) is 17.8. The summed E-state index contributed by atoms with van der Waals surface area (Å²) in [5.74, 6) is 0.150. The topological polar surface area (TPSA) is 53.4 Å². The number of rotatable bonds is 5. The molecule has 1 heterocycles. The number of nitrogens with zero attached hydrogens (tertiary/aromatic N) is 2. The molecule has 1 N–H and O–H groups in total. The maximum Gasteiger partial charge on any atom is 0.150 e. The summed E-state index contributed by atoms with van der Waals surface area (Å²) >= 11 is 0. The summed E-state index contributed by atoms with van der Waals surface area (Å²) in [5.41, 5.74) is 4.87. The molecule has 4 heteroatoms. The Kier molecular flexibility index (Phi) is 4.80. The first kappa shape index (κ1) is 16.7. The Hall–Kier alpha value is -3.14. The van der Waals surface area contributed by atoms with Gasteiger partial charge in [0.2, 0.25) is 0 Å². The van der Waals surface area contributed by atoms with E-state index < -0.39 is 0 Å². The number of benzene rings is 2. The second-order valence-electron chi connectivity index (χ2n) is 6.05. The van der Waals surface area contributed by atoms with Crippen molar-refractivity contribution in [1.82, 2.24) is 4.98 Å². The van der Waals surface area contributed by atoms with E-state index in [-0.39, 0.29) is 5.75 Å². The van der Waals surface area contributed by atoms with Crippen molar-refractivity contribution in [2.45, 2.75) is 13.5 Å². The van der Waals surface area contributed by atoms with Gasteiger partial charge in [0.05, 0.1) is 5.69 Å². The van der Waals surface area contributed by atoms with Crippen molar-refractivity contribution in [3.05, 3.63) is 77.5 Å². The van der Waals surface area contributed by atoms with Crippen LogP contribution in [0.5, 0.6) is 5.75 Å². The Balaban J connectivity index is 2.04. The van der Waals surface area contributed by atoms with Gasteiger partial charge >= 0.3 is 0 Å². The molecule has 0 atom stereocenters. The van der Waals surface area contributed by atoms with Gasteiger partial charge in [0.25, 0.3) is 0 Å². The smallest absolute Gasteiger partial charge is 0.150 e. The Morgan fingerprint density at radius 3 is 2.48 bits per heavy atom. The lowest BCUT2D eigenvalue weighted by atomic mass is 10.00. The number of anilines is 1. The quantitative estimate of drug-likeness (QED) is 0.711. The molecule has 0 aliphatic rings. The van der Waals surface area contributed by atoms with E-state index in [4.69, 9.17) is 0 Å². The highest BCUT2D eigenvalue weighted by Gasteiger charge is 2.16. The van der Waals surface area contributed by atoms with E-state index in [0.29, 0.717) is 23.4 Å². The number of para-hydroxylation sites is 1. The van der Waals surface area contributed by atoms with Gasteiger partial charge in [-0.2, -0.15) is 0 Å². The number of aromatic hydroxyl groups is 1. The normalized spacial score (nSPS) is 10.5. The van der Waals surface area contributed by atoms with Gasteiger partial charge in [0.15, 0.2) is 6.29 Å². The first-order chi connectivity index (χ1) is 12.1. The third-order valence-corrected chi connectivity index (χ3v) is 4.25. The van der Waals surface area contributed by atoms with Crippen LogP contribution in [-0.4, -0.2) is 23.4 Å². The minimum Gasteiger partial charge on any atom is -0.507 e. The molecule has 0 aliphatic carbocycles. The molecule has 4 nitrogen and oxygen atoms in total. The molecule has 0 amide bonds. The molecular formula is C21H20N2O2. The van der Waals surface area contributed by atoms with Crippen molar-refractivity contribution in [1.29, 1.82) is 0 Å². The summed E-state index contributed by atoms with van der Waals surface area (Å²) in [6.07, 6.45) is 2.43. The van der Waals surface area contributed by atoms with Gasteiger partial charge in [-0.15, -0.1) is 0 Å². The maximum absolute atomic E-state index is 11.5. The minimum absolute atomic E-state index is 0.150. The van der Waals surface area contributed by atoms with Crippen LogP contribution in [-0.2, 0) is 6.54 Å². The molecule has 0 saturated carbocycles. The van der Waals surface area contributed by atoms with Crippen molar-refractivity contribution < 1.29 is 9.90 Å². The molecular weight excluding hydrogens is 312 g/mol. The Bertz CT molecular complexity index is 889. The number of aldehydes is 1. The zero-order valence-electron chi connectivity index (χ0n) is 14.3. The molecule has 25 heavy (non-hydrogen) atoms. The summed E-state index contributed by atoms with van der Waals surface area (Å²) in [5, 5.41) is 10.2. The van der Waals surface area contributed by atoms with Crippen molar-refractivity contribution in [3.63, 3.8) is 0 Å². The molecule has 0 radical (unpaired) electrons. The zero-order valence-corrected chi connectivity index (χ0v) is 14.3. The highest BCUT2D eigenvalue weighted by molar-refractivity contribution is 5.83. The van der Waals surface area contributed by atoms with Crippen molar-refractivity contribution >= 4 is 12.0 Å². The number of hydrogen-bond acceptors (Lipinski definition) is 4. The predicted molar refractivity (Wildman–Crippen MR) is 100 cm³/mol. The van der Waals surface area contributed by atoms with Gasteiger partial charge in [-0.1, -0.05) is 29.8 Å². The summed E-state index contributed by atoms with van der Waals surface area (Å²) in [6, 6.07) is 16.9. The van der Waals surface area contributed by atoms with Crippen LogP contribution in [0.3, 0.4) is 0 Å². The third kappa shape index (κ3) is 3.53. The van der Waals surface area contributed by atoms with E-state index in [0.717, 1.165) is 17.5 Å². The SMILES string of the molecule is Cc1ccc(N(C)Cc2c(C=O)ccnc2-c2ccccc2O)cc1. The molecule has 126 valence electrons. The molecule has 0 bridgehead atoms. The van der Waals surface area contributed by atoms with Crippen molar-refractivity contribution in [2.75, 3.05) is 11.9 Å². The van der Waals surface area contributed by atoms with Gasteiger partial charge in [-0.25, -0.2) is 0 Å². The second-order valence-corrected chi connectivity index (χ2v) is 6.05. The molecule has 1 aromatic heterocycles. The lowest BCUT2D eigenvalue weighted by molar-refractivity contribution is 0.112. The van der Waals surface area contributed by atoms with Crippen LogP contribution in [0.1, 0.15) is 21.5 Å². The largest absolute Gasteiger partial charge is 0.507 e. The van der Waals surface area contributed by atoms with Crippen LogP contribution in [0.4, 0.5) is 5.69 Å². The van der Waals surface area contributed by atoms with Crippen LogP contribution in [0.25, 0.3) is 11.3 Å². The van der Waals surface area contributed by atoms with Crippen molar-refractivity contribution in [2.24, 2.45) is 0 Å². The number of pyridine rings is 1. The average molecular weight is 332 g/mol. The maximum atomic E-state index is 11.5. The van der Waals surface area contributed by atoms with E-state index in [2.05, 4.69) is 22.0 Å². The van der Waals surface area contributed by atoms with E-state index in [1.807, 2.05) is 38.2 Å². The fourth-order valence-corrected chi connectivity index (χ4v) is 2.82. The van der Waals surface area contributed by atoms with Crippen LogP contribution >= 0.6 is 0 Å². The van der Waals surface area contributed by atoms with Crippen LogP contribution in [0, 0.1) is 6.92 Å². The van der Waals surface area contributed by atoms with Crippen LogP contribution in [0.2, 0.25) is 0 Å². The summed E-state index contributed by atoms with van der Waals surface area (Å²) < 4.78 is 0. The van der Waals surface area contributed by atoms with Gasteiger partial charge in [-0.05, 0) is 37.3 Å². The van der Waals surface area contributed by atoms with E-state index >= 15 is 0 Å². The number of hydrogen-bond donors (Lipinski definition) is 1. The Morgan fingerprint density at radius 2 is 1.80 bits per heavy atom. The monoisotopic (exact) mass is 332 g/mol. The molecule has 0 aliphatic heterocycles. The van der Waals surface area contributed by atoms with Gasteiger partial charge < -0.3 is 10.0 Å². The average Bonchev–Trinajstić information content (AvgIpc) is 2.63. The summed E-state index contributed by atoms with van der Waals surface area (Å²) in [6.45, 7) is 2.56. The fourth-order valence-electron chi connectivity index (χ4n) is 2.82. The lowest BCUT2D eigenvalue weighted by Gasteiger charge is -2.22. The molecule has 2 aromatic carbocycles. The first-order valence-electron chi connectivity index (χ1n) is 8.09. The fraction of sp³-hybridized carbons (Fsp3) is 0.143. The number of carbonyl (C=O) groups excluding carboxylic acids is 1. The Morgan fingerprint density at radius 1 is 1.08 bits per heavy atom. The third-order valence-electron chi connectivity index (χ3n) is 4.25. The molecule has 3 aromatic rings. The molecule has 0 spiro atoms. The van der Waals surface area contributed by atoms with Crippen LogP contribution in [0.15, 0.2) is 60.8 Å². The lowest BCUT2D eigenvalue weighted by Crippen LogP contribution is -2.18. The van der Waals surface area contributed by atoms with E-state index in [1.54, 1.807) is 24.4 Å². The van der Waals surface area contributed by atoms with Gasteiger partial charge in [0, 0.05) is 42.2 Å². The van der Waals surface area contributed by atoms with E-state index in [1.165, 1.54) is 5.56 Å². The molecule has 0 fully saturated rings. The Labute approximate surface area is 147 Å². The standard InChI is InChI=1S/C21H20N2O2/c1-15-7-9-17(10-8-15)23(2)13-19-16(14-24)11-12-22-21(19)18-5-3-4-6-20(18)25/h3-12,14,25H,13H2,1-2H3. The summed E-state index contributed by atoms with van der Waals surface area (Å²) in [7, 11) is 1.97. The predicted octanol–water partition coefficient (Wildman–Crippen LogP) is 4.21. The van der Waals surface area contributed by atoms with Gasteiger partial charge in [0.1, 0.15) is 5.75 Å². The van der Waals surface area contributed by atoms with Crippen molar-refractivity contribution in [3.8, 4) is 17.0 Å². The second kappa shape index (κ2) is 7.18. The molecule has 0 unspecified atom stereocenters. The minimum atomic E-state index is 0.150. The highest BCUT2D eigenvalue weighted by Crippen LogP contribution is 2.32. The van der Waals surface area contributed by atoms with E-state index in [9.17, 15) is 9.90 Å². The number of aromatic nitrogens is 1. The molecule has 3 rings (SSSR count).